The van der Waals surface area contributed by atoms with Crippen LogP contribution in [0.3, 0.4) is 0 Å². The van der Waals surface area contributed by atoms with Crippen molar-refractivity contribution >= 4 is 11.8 Å². The minimum absolute atomic E-state index is 0.0112. The quantitative estimate of drug-likeness (QED) is 0.274. The van der Waals surface area contributed by atoms with Gasteiger partial charge in [-0.25, -0.2) is 0 Å². The molecule has 0 spiro atoms. The van der Waals surface area contributed by atoms with Gasteiger partial charge in [0.05, 0.1) is 32.5 Å². The second-order valence-electron chi connectivity index (χ2n) is 5.44. The van der Waals surface area contributed by atoms with Crippen LogP contribution < -0.4 is 21.3 Å². The largest absolute Gasteiger partial charge is 0.377 e. The maximum atomic E-state index is 12.0. The molecule has 0 aromatic carbocycles. The van der Waals surface area contributed by atoms with Crippen LogP contribution in [0, 0.1) is 0 Å². The van der Waals surface area contributed by atoms with Crippen LogP contribution in [0.2, 0.25) is 0 Å². The van der Waals surface area contributed by atoms with Crippen LogP contribution in [-0.2, 0) is 19.1 Å². The van der Waals surface area contributed by atoms with Gasteiger partial charge in [0.25, 0.3) is 0 Å². The molecule has 142 valence electrons. The minimum Gasteiger partial charge on any atom is -0.377 e. The monoisotopic (exact) mass is 346 g/mol. The predicted octanol–water partition coefficient (Wildman–Crippen LogP) is -0.750. The van der Waals surface area contributed by atoms with Gasteiger partial charge in [-0.1, -0.05) is 6.42 Å². The zero-order chi connectivity index (χ0) is 18.0. The van der Waals surface area contributed by atoms with E-state index in [0.29, 0.717) is 39.5 Å². The normalized spacial score (nSPS) is 12.0. The lowest BCUT2D eigenvalue weighted by Crippen LogP contribution is -2.43. The summed E-state index contributed by atoms with van der Waals surface area (Å²) in [6, 6.07) is -0.154. The molecule has 24 heavy (non-hydrogen) atoms. The molecule has 8 heteroatoms. The summed E-state index contributed by atoms with van der Waals surface area (Å²) in [6.45, 7) is 5.30. The zero-order valence-electron chi connectivity index (χ0n) is 15.3. The molecule has 0 saturated carbocycles. The number of hydrogen-bond donors (Lipinski definition) is 4. The van der Waals surface area contributed by atoms with Gasteiger partial charge < -0.3 is 30.7 Å². The molecule has 0 heterocycles. The van der Waals surface area contributed by atoms with Gasteiger partial charge in [-0.3, -0.25) is 9.59 Å². The van der Waals surface area contributed by atoms with Gasteiger partial charge in [0.15, 0.2) is 0 Å². The van der Waals surface area contributed by atoms with E-state index >= 15 is 0 Å². The lowest BCUT2D eigenvalue weighted by atomic mass is 10.1. The van der Waals surface area contributed by atoms with Crippen LogP contribution in [0.5, 0.6) is 0 Å². The molecule has 2 amide bonds. The number of likely N-dealkylation sites (N-methyl/N-ethyl adjacent to an activating group) is 1. The molecule has 0 aromatic heterocycles. The lowest BCUT2D eigenvalue weighted by Gasteiger charge is -2.16. The molecule has 8 nitrogen and oxygen atoms in total. The number of ether oxygens (including phenoxy) is 2. The summed E-state index contributed by atoms with van der Waals surface area (Å²) in [4.78, 5) is 22.6. The van der Waals surface area contributed by atoms with Crippen LogP contribution in [0.25, 0.3) is 0 Å². The van der Waals surface area contributed by atoms with E-state index < -0.39 is 0 Å². The number of rotatable bonds is 16. The van der Waals surface area contributed by atoms with E-state index in [2.05, 4.69) is 21.3 Å². The van der Waals surface area contributed by atoms with E-state index in [0.717, 1.165) is 25.8 Å². The first-order valence-electron chi connectivity index (χ1n) is 8.61. The van der Waals surface area contributed by atoms with Crippen molar-refractivity contribution in [2.45, 2.75) is 32.2 Å². The van der Waals surface area contributed by atoms with Gasteiger partial charge >= 0.3 is 0 Å². The number of carbonyl (C=O) groups is 2. The molecule has 1 atom stereocenters. The fourth-order valence-electron chi connectivity index (χ4n) is 2.05. The van der Waals surface area contributed by atoms with E-state index in [1.165, 1.54) is 6.92 Å². The van der Waals surface area contributed by atoms with Crippen molar-refractivity contribution in [3.63, 3.8) is 0 Å². The second-order valence-corrected chi connectivity index (χ2v) is 5.44. The highest BCUT2D eigenvalue weighted by Gasteiger charge is 2.14. The van der Waals surface area contributed by atoms with Gasteiger partial charge in [-0.2, -0.15) is 0 Å². The Morgan fingerprint density at radius 1 is 0.875 bits per heavy atom. The van der Waals surface area contributed by atoms with Gasteiger partial charge in [0.1, 0.15) is 0 Å². The third kappa shape index (κ3) is 14.4. The molecule has 0 bridgehead atoms. The third-order valence-electron chi connectivity index (χ3n) is 3.37. The molecule has 1 unspecified atom stereocenters. The highest BCUT2D eigenvalue weighted by Crippen LogP contribution is 2.00. The smallest absolute Gasteiger partial charge is 0.237 e. The summed E-state index contributed by atoms with van der Waals surface area (Å²) in [5.41, 5.74) is 0. The zero-order valence-corrected chi connectivity index (χ0v) is 15.3. The van der Waals surface area contributed by atoms with Crippen molar-refractivity contribution in [1.82, 2.24) is 21.3 Å². The first-order chi connectivity index (χ1) is 11.6. The van der Waals surface area contributed by atoms with Crippen molar-refractivity contribution in [3.05, 3.63) is 0 Å². The Morgan fingerprint density at radius 3 is 2.04 bits per heavy atom. The highest BCUT2D eigenvalue weighted by atomic mass is 16.5. The Kier molecular flexibility index (Phi) is 15.8. The van der Waals surface area contributed by atoms with Gasteiger partial charge in [0.2, 0.25) is 11.8 Å². The van der Waals surface area contributed by atoms with Crippen molar-refractivity contribution in [1.29, 1.82) is 0 Å². The van der Waals surface area contributed by atoms with Gasteiger partial charge in [-0.15, -0.1) is 0 Å². The lowest BCUT2D eigenvalue weighted by molar-refractivity contribution is -0.123. The summed E-state index contributed by atoms with van der Waals surface area (Å²) in [5.74, 6) is -0.0513. The average Bonchev–Trinajstić information content (AvgIpc) is 2.56. The van der Waals surface area contributed by atoms with Crippen LogP contribution >= 0.6 is 0 Å². The molecule has 0 aromatic rings. The second kappa shape index (κ2) is 16.6. The molecule has 0 radical (unpaired) electrons. The van der Waals surface area contributed by atoms with E-state index in [1.807, 2.05) is 7.05 Å². The molecular formula is C16H34N4O4. The van der Waals surface area contributed by atoms with Crippen molar-refractivity contribution in [2.24, 2.45) is 0 Å². The topological polar surface area (TPSA) is 101 Å². The SMILES string of the molecule is CNCCCCC(NC)C(=O)NCCOCCOCCNC(C)=O. The Labute approximate surface area is 145 Å². The Morgan fingerprint density at radius 2 is 1.50 bits per heavy atom. The van der Waals surface area contributed by atoms with Crippen LogP contribution in [0.1, 0.15) is 26.2 Å². The van der Waals surface area contributed by atoms with Gasteiger partial charge in [0, 0.05) is 20.0 Å². The molecule has 0 saturated heterocycles. The predicted molar refractivity (Wildman–Crippen MR) is 94.0 cm³/mol. The minimum atomic E-state index is -0.154. The van der Waals surface area contributed by atoms with E-state index in [-0.39, 0.29) is 17.9 Å². The van der Waals surface area contributed by atoms with Crippen LogP contribution in [0.4, 0.5) is 0 Å². The maximum Gasteiger partial charge on any atom is 0.237 e. The summed E-state index contributed by atoms with van der Waals surface area (Å²) < 4.78 is 10.7. The van der Waals surface area contributed by atoms with Crippen molar-refractivity contribution in [3.8, 4) is 0 Å². The number of carbonyl (C=O) groups excluding carboxylic acids is 2. The molecule has 0 aliphatic carbocycles. The van der Waals surface area contributed by atoms with Crippen molar-refractivity contribution in [2.75, 3.05) is 60.2 Å². The Balaban J connectivity index is 3.47. The number of unbranched alkanes of at least 4 members (excludes halogenated alkanes) is 1. The summed E-state index contributed by atoms with van der Waals surface area (Å²) in [5, 5.41) is 11.7. The Hall–Kier alpha value is -1.22. The number of hydrogen-bond acceptors (Lipinski definition) is 6. The van der Waals surface area contributed by atoms with E-state index in [9.17, 15) is 9.59 Å². The maximum absolute atomic E-state index is 12.0. The Bertz CT molecular complexity index is 329. The molecular weight excluding hydrogens is 312 g/mol. The first kappa shape index (κ1) is 22.8. The third-order valence-corrected chi connectivity index (χ3v) is 3.37. The molecule has 0 aliphatic heterocycles. The molecule has 0 aliphatic rings. The van der Waals surface area contributed by atoms with Gasteiger partial charge in [-0.05, 0) is 33.5 Å². The average molecular weight is 346 g/mol. The van der Waals surface area contributed by atoms with Crippen LogP contribution in [-0.4, -0.2) is 78.0 Å². The number of nitrogens with one attached hydrogen (secondary N) is 4. The summed E-state index contributed by atoms with van der Waals surface area (Å²) >= 11 is 0. The highest BCUT2D eigenvalue weighted by molar-refractivity contribution is 5.81. The van der Waals surface area contributed by atoms with E-state index in [1.54, 1.807) is 7.05 Å². The summed E-state index contributed by atoms with van der Waals surface area (Å²) in [6.07, 6.45) is 2.89. The summed E-state index contributed by atoms with van der Waals surface area (Å²) in [7, 11) is 3.73. The molecule has 0 rings (SSSR count). The standard InChI is InChI=1S/C16H34N4O4/c1-14(21)19-8-10-23-12-13-24-11-9-20-16(22)15(18-3)6-4-5-7-17-2/h15,17-18H,4-13H2,1-3H3,(H,19,21)(H,20,22). The fourth-order valence-corrected chi connectivity index (χ4v) is 2.05. The van der Waals surface area contributed by atoms with Crippen LogP contribution in [0.15, 0.2) is 0 Å². The molecule has 4 N–H and O–H groups in total. The number of amides is 2. The first-order valence-corrected chi connectivity index (χ1v) is 8.61. The molecule has 0 fully saturated rings. The van der Waals surface area contributed by atoms with Crippen molar-refractivity contribution < 1.29 is 19.1 Å². The fraction of sp³-hybridized carbons (Fsp3) is 0.875. The van der Waals surface area contributed by atoms with E-state index in [4.69, 9.17) is 9.47 Å².